The first kappa shape index (κ1) is 7.50. The van der Waals surface area contributed by atoms with Crippen LogP contribution in [0.3, 0.4) is 0 Å². The number of hydrogen-bond acceptors (Lipinski definition) is 2. The molecule has 0 aliphatic rings. The second kappa shape index (κ2) is 2.72. The molecule has 1 aromatic heterocycles. The summed E-state index contributed by atoms with van der Waals surface area (Å²) < 4.78 is 10.2. The molecule has 62 valence electrons. The van der Waals surface area contributed by atoms with Crippen LogP contribution in [0.5, 0.6) is 5.75 Å². The summed E-state index contributed by atoms with van der Waals surface area (Å²) in [5.74, 6) is 0.638. The highest BCUT2D eigenvalue weighted by Gasteiger charge is 2.04. The highest BCUT2D eigenvalue weighted by molar-refractivity contribution is 6.32. The van der Waals surface area contributed by atoms with Crippen molar-refractivity contribution in [1.29, 1.82) is 0 Å². The average molecular weight is 183 g/mol. The number of methoxy groups -OCH3 is 1. The van der Waals surface area contributed by atoms with Gasteiger partial charge in [0.05, 0.1) is 18.4 Å². The average Bonchev–Trinajstić information content (AvgIpc) is 2.49. The van der Waals surface area contributed by atoms with Gasteiger partial charge in [-0.05, 0) is 12.1 Å². The van der Waals surface area contributed by atoms with Gasteiger partial charge in [0, 0.05) is 11.5 Å². The van der Waals surface area contributed by atoms with E-state index < -0.39 is 0 Å². The molecule has 2 rings (SSSR count). The van der Waals surface area contributed by atoms with Crippen LogP contribution in [0.25, 0.3) is 11.0 Å². The van der Waals surface area contributed by atoms with Gasteiger partial charge in [0.2, 0.25) is 0 Å². The lowest BCUT2D eigenvalue weighted by Gasteiger charge is -2.00. The van der Waals surface area contributed by atoms with E-state index in [1.807, 2.05) is 12.1 Å². The molecule has 0 N–H and O–H groups in total. The fourth-order valence-electron chi connectivity index (χ4n) is 1.12. The minimum absolute atomic E-state index is 0.603. The Kier molecular flexibility index (Phi) is 1.70. The molecule has 12 heavy (non-hydrogen) atoms. The number of halogens is 1. The lowest BCUT2D eigenvalue weighted by molar-refractivity contribution is 0.414. The number of rotatable bonds is 1. The fourth-order valence-corrected chi connectivity index (χ4v) is 1.37. The first-order valence-electron chi connectivity index (χ1n) is 3.52. The molecule has 0 saturated heterocycles. The summed E-state index contributed by atoms with van der Waals surface area (Å²) in [6.45, 7) is 0. The van der Waals surface area contributed by atoms with E-state index in [0.717, 1.165) is 11.0 Å². The van der Waals surface area contributed by atoms with Crippen molar-refractivity contribution >= 4 is 22.6 Å². The van der Waals surface area contributed by atoms with Gasteiger partial charge >= 0.3 is 0 Å². The van der Waals surface area contributed by atoms with Crippen LogP contribution in [0.1, 0.15) is 0 Å². The summed E-state index contributed by atoms with van der Waals surface area (Å²) >= 11 is 5.89. The third kappa shape index (κ3) is 1.04. The number of hydrogen-bond donors (Lipinski definition) is 0. The standard InChI is InChI=1S/C9H7ClO2/c1-11-9-5-8-6(2-3-12-8)4-7(9)10/h2-5H,1H3. The van der Waals surface area contributed by atoms with E-state index in [0.29, 0.717) is 10.8 Å². The monoisotopic (exact) mass is 182 g/mol. The molecule has 2 nitrogen and oxygen atoms in total. The molecule has 0 bridgehead atoms. The minimum atomic E-state index is 0.603. The molecule has 0 fully saturated rings. The zero-order valence-electron chi connectivity index (χ0n) is 6.50. The Morgan fingerprint density at radius 1 is 1.42 bits per heavy atom. The first-order valence-corrected chi connectivity index (χ1v) is 3.90. The van der Waals surface area contributed by atoms with Crippen LogP contribution in [-0.4, -0.2) is 7.11 Å². The van der Waals surface area contributed by atoms with Crippen molar-refractivity contribution in [1.82, 2.24) is 0 Å². The maximum Gasteiger partial charge on any atom is 0.141 e. The van der Waals surface area contributed by atoms with E-state index in [2.05, 4.69) is 0 Å². The Balaban J connectivity index is 2.73. The van der Waals surface area contributed by atoms with Crippen molar-refractivity contribution in [3.63, 3.8) is 0 Å². The fraction of sp³-hybridized carbons (Fsp3) is 0.111. The maximum absolute atomic E-state index is 5.89. The predicted molar refractivity (Wildman–Crippen MR) is 47.8 cm³/mol. The van der Waals surface area contributed by atoms with Crippen molar-refractivity contribution in [2.45, 2.75) is 0 Å². The minimum Gasteiger partial charge on any atom is -0.495 e. The molecule has 0 unspecified atom stereocenters. The van der Waals surface area contributed by atoms with Gasteiger partial charge in [-0.1, -0.05) is 11.6 Å². The Hall–Kier alpha value is -1.15. The summed E-state index contributed by atoms with van der Waals surface area (Å²) in [5.41, 5.74) is 0.788. The quantitative estimate of drug-likeness (QED) is 0.676. The third-order valence-electron chi connectivity index (χ3n) is 1.73. The van der Waals surface area contributed by atoms with Crippen molar-refractivity contribution in [3.8, 4) is 5.75 Å². The van der Waals surface area contributed by atoms with Gasteiger partial charge in [-0.25, -0.2) is 0 Å². The van der Waals surface area contributed by atoms with Gasteiger partial charge < -0.3 is 9.15 Å². The lowest BCUT2D eigenvalue weighted by Crippen LogP contribution is -1.82. The first-order chi connectivity index (χ1) is 5.81. The van der Waals surface area contributed by atoms with Gasteiger partial charge in [0.1, 0.15) is 11.3 Å². The molecule has 0 radical (unpaired) electrons. The Morgan fingerprint density at radius 2 is 2.25 bits per heavy atom. The number of fused-ring (bicyclic) bond motifs is 1. The molecule has 0 atom stereocenters. The molecule has 3 heteroatoms. The van der Waals surface area contributed by atoms with Gasteiger partial charge in [0.15, 0.2) is 0 Å². The van der Waals surface area contributed by atoms with E-state index in [4.69, 9.17) is 20.8 Å². The summed E-state index contributed by atoms with van der Waals surface area (Å²) in [7, 11) is 1.58. The summed E-state index contributed by atoms with van der Waals surface area (Å²) in [4.78, 5) is 0. The van der Waals surface area contributed by atoms with Crippen molar-refractivity contribution < 1.29 is 9.15 Å². The Morgan fingerprint density at radius 3 is 3.00 bits per heavy atom. The van der Waals surface area contributed by atoms with Crippen LogP contribution in [0, 0.1) is 0 Å². The maximum atomic E-state index is 5.89. The largest absolute Gasteiger partial charge is 0.495 e. The Bertz CT molecular complexity index is 406. The highest BCUT2D eigenvalue weighted by Crippen LogP contribution is 2.30. The van der Waals surface area contributed by atoms with E-state index >= 15 is 0 Å². The summed E-state index contributed by atoms with van der Waals surface area (Å²) in [5, 5.41) is 1.59. The number of ether oxygens (including phenoxy) is 1. The van der Waals surface area contributed by atoms with E-state index in [-0.39, 0.29) is 0 Å². The van der Waals surface area contributed by atoms with Crippen LogP contribution in [0.2, 0.25) is 5.02 Å². The molecule has 0 aliphatic heterocycles. The van der Waals surface area contributed by atoms with Crippen molar-refractivity contribution in [2.75, 3.05) is 7.11 Å². The number of benzene rings is 1. The van der Waals surface area contributed by atoms with Crippen LogP contribution in [0.4, 0.5) is 0 Å². The van der Waals surface area contributed by atoms with Crippen LogP contribution < -0.4 is 4.74 Å². The van der Waals surface area contributed by atoms with Crippen LogP contribution in [-0.2, 0) is 0 Å². The van der Waals surface area contributed by atoms with Gasteiger partial charge in [-0.15, -0.1) is 0 Å². The normalized spacial score (nSPS) is 10.5. The summed E-state index contributed by atoms with van der Waals surface area (Å²) in [6.07, 6.45) is 1.63. The van der Waals surface area contributed by atoms with E-state index in [9.17, 15) is 0 Å². The Labute approximate surface area is 74.7 Å². The lowest BCUT2D eigenvalue weighted by atomic mass is 10.2. The van der Waals surface area contributed by atoms with Crippen LogP contribution in [0.15, 0.2) is 28.9 Å². The van der Waals surface area contributed by atoms with E-state index in [1.54, 1.807) is 19.4 Å². The van der Waals surface area contributed by atoms with E-state index in [1.165, 1.54) is 0 Å². The SMILES string of the molecule is COc1cc2occc2cc1Cl. The second-order valence-corrected chi connectivity index (χ2v) is 2.85. The second-order valence-electron chi connectivity index (χ2n) is 2.45. The molecular formula is C9H7ClO2. The molecule has 1 heterocycles. The van der Waals surface area contributed by atoms with Gasteiger partial charge in [-0.2, -0.15) is 0 Å². The zero-order chi connectivity index (χ0) is 8.55. The molecular weight excluding hydrogens is 176 g/mol. The van der Waals surface area contributed by atoms with Gasteiger partial charge in [-0.3, -0.25) is 0 Å². The molecule has 0 spiro atoms. The molecule has 2 aromatic rings. The zero-order valence-corrected chi connectivity index (χ0v) is 7.26. The molecule has 0 aliphatic carbocycles. The topological polar surface area (TPSA) is 22.4 Å². The van der Waals surface area contributed by atoms with Gasteiger partial charge in [0.25, 0.3) is 0 Å². The number of furan rings is 1. The molecule has 1 aromatic carbocycles. The smallest absolute Gasteiger partial charge is 0.141 e. The molecule has 0 saturated carbocycles. The summed E-state index contributed by atoms with van der Waals surface area (Å²) in [6, 6.07) is 5.46. The van der Waals surface area contributed by atoms with Crippen molar-refractivity contribution in [2.24, 2.45) is 0 Å². The third-order valence-corrected chi connectivity index (χ3v) is 2.02. The highest BCUT2D eigenvalue weighted by atomic mass is 35.5. The molecule has 0 amide bonds. The predicted octanol–water partition coefficient (Wildman–Crippen LogP) is 3.09. The van der Waals surface area contributed by atoms with Crippen LogP contribution >= 0.6 is 11.6 Å². The van der Waals surface area contributed by atoms with Crippen molar-refractivity contribution in [3.05, 3.63) is 29.5 Å².